The average Bonchev–Trinajstić information content (AvgIpc) is 2.43. The highest BCUT2D eigenvalue weighted by atomic mass is 32.2. The van der Waals surface area contributed by atoms with Crippen LogP contribution in [0.1, 0.15) is 12.5 Å². The summed E-state index contributed by atoms with van der Waals surface area (Å²) in [4.78, 5) is 24.5. The van der Waals surface area contributed by atoms with Crippen LogP contribution in [0.4, 0.5) is 0 Å². The molecule has 0 bridgehead atoms. The average molecular weight is 307 g/mol. The smallest absolute Gasteiger partial charge is 0.306 e. The van der Waals surface area contributed by atoms with Crippen molar-refractivity contribution in [2.45, 2.75) is 13.3 Å². The predicted molar refractivity (Wildman–Crippen MR) is 84.3 cm³/mol. The van der Waals surface area contributed by atoms with Crippen molar-refractivity contribution in [1.29, 1.82) is 0 Å². The summed E-state index contributed by atoms with van der Waals surface area (Å²) in [5, 5.41) is 8.92. The van der Waals surface area contributed by atoms with E-state index in [0.29, 0.717) is 18.8 Å². The number of carboxylic acid groups (broad SMARTS) is 1. The number of amides is 1. The number of nitrogens with zero attached hydrogens (tertiary/aromatic N) is 1. The van der Waals surface area contributed by atoms with Gasteiger partial charge in [-0.1, -0.05) is 37.3 Å². The molecule has 114 valence electrons. The summed E-state index contributed by atoms with van der Waals surface area (Å²) >= 11 is 1.64. The maximum absolute atomic E-state index is 11.9. The maximum atomic E-state index is 11.9. The number of carboxylic acids is 1. The highest BCUT2D eigenvalue weighted by Gasteiger charge is 2.36. The Bertz CT molecular complexity index is 486. The van der Waals surface area contributed by atoms with Crippen LogP contribution in [0.15, 0.2) is 30.3 Å². The first-order chi connectivity index (χ1) is 10.1. The van der Waals surface area contributed by atoms with Gasteiger partial charge in [0.1, 0.15) is 0 Å². The second kappa shape index (κ2) is 7.50. The lowest BCUT2D eigenvalue weighted by atomic mass is 9.87. The molecule has 0 spiro atoms. The topological polar surface area (TPSA) is 57.6 Å². The van der Waals surface area contributed by atoms with Gasteiger partial charge in [-0.25, -0.2) is 0 Å². The minimum absolute atomic E-state index is 0.112. The Hall–Kier alpha value is -1.49. The maximum Gasteiger partial charge on any atom is 0.306 e. The summed E-state index contributed by atoms with van der Waals surface area (Å²) in [5.74, 6) is 0.520. The number of aryl methyl sites for hydroxylation is 1. The molecule has 1 aromatic carbocycles. The first kappa shape index (κ1) is 15.9. The largest absolute Gasteiger partial charge is 0.481 e. The molecular formula is C16H21NO3S. The number of aliphatic carboxylic acids is 1. The van der Waals surface area contributed by atoms with Gasteiger partial charge in [-0.3, -0.25) is 9.59 Å². The third-order valence-electron chi connectivity index (χ3n) is 3.96. The van der Waals surface area contributed by atoms with Crippen LogP contribution >= 0.6 is 11.8 Å². The quantitative estimate of drug-likeness (QED) is 0.784. The van der Waals surface area contributed by atoms with Gasteiger partial charge in [-0.05, 0) is 17.7 Å². The van der Waals surface area contributed by atoms with E-state index in [1.54, 1.807) is 23.6 Å². The Balaban J connectivity index is 1.60. The summed E-state index contributed by atoms with van der Waals surface area (Å²) in [6.07, 6.45) is 0.970. The van der Waals surface area contributed by atoms with Crippen LogP contribution in [0.3, 0.4) is 0 Å². The Morgan fingerprint density at radius 3 is 2.62 bits per heavy atom. The van der Waals surface area contributed by atoms with E-state index < -0.39 is 5.97 Å². The fraction of sp³-hybridized carbons (Fsp3) is 0.500. The number of thioether (sulfide) groups is 1. The molecule has 5 heteroatoms. The number of hydrogen-bond donors (Lipinski definition) is 1. The van der Waals surface area contributed by atoms with Crippen molar-refractivity contribution in [2.75, 3.05) is 24.6 Å². The first-order valence-corrected chi connectivity index (χ1v) is 8.35. The summed E-state index contributed by atoms with van der Waals surface area (Å²) < 4.78 is 0. The van der Waals surface area contributed by atoms with Gasteiger partial charge < -0.3 is 10.0 Å². The van der Waals surface area contributed by atoms with E-state index in [2.05, 4.69) is 12.1 Å². The lowest BCUT2D eigenvalue weighted by molar-refractivity contribution is -0.149. The molecule has 4 nitrogen and oxygen atoms in total. The van der Waals surface area contributed by atoms with E-state index in [-0.39, 0.29) is 17.7 Å². The van der Waals surface area contributed by atoms with Crippen molar-refractivity contribution in [3.8, 4) is 0 Å². The third-order valence-corrected chi connectivity index (χ3v) is 4.91. The highest BCUT2D eigenvalue weighted by molar-refractivity contribution is 7.99. The lowest BCUT2D eigenvalue weighted by Crippen LogP contribution is -2.54. The van der Waals surface area contributed by atoms with Crippen molar-refractivity contribution in [3.05, 3.63) is 35.9 Å². The third kappa shape index (κ3) is 4.49. The molecule has 1 aliphatic heterocycles. The second-order valence-electron chi connectivity index (χ2n) is 5.47. The molecule has 1 saturated heterocycles. The summed E-state index contributed by atoms with van der Waals surface area (Å²) in [5.41, 5.74) is 1.29. The van der Waals surface area contributed by atoms with Crippen LogP contribution in [-0.2, 0) is 16.0 Å². The van der Waals surface area contributed by atoms with E-state index in [1.165, 1.54) is 5.56 Å². The van der Waals surface area contributed by atoms with Gasteiger partial charge in [0.2, 0.25) is 5.91 Å². The zero-order chi connectivity index (χ0) is 15.2. The second-order valence-corrected chi connectivity index (χ2v) is 6.58. The Morgan fingerprint density at radius 2 is 2.00 bits per heavy atom. The molecule has 1 atom stereocenters. The van der Waals surface area contributed by atoms with Crippen LogP contribution in [0.25, 0.3) is 0 Å². The van der Waals surface area contributed by atoms with Crippen molar-refractivity contribution >= 4 is 23.6 Å². The van der Waals surface area contributed by atoms with E-state index in [9.17, 15) is 9.59 Å². The van der Waals surface area contributed by atoms with Crippen LogP contribution in [-0.4, -0.2) is 46.5 Å². The summed E-state index contributed by atoms with van der Waals surface area (Å²) in [7, 11) is 0. The van der Waals surface area contributed by atoms with Crippen LogP contribution in [0, 0.1) is 11.8 Å². The molecule has 0 aromatic heterocycles. The van der Waals surface area contributed by atoms with Crippen LogP contribution in [0.5, 0.6) is 0 Å². The van der Waals surface area contributed by atoms with Gasteiger partial charge in [-0.15, -0.1) is 0 Å². The molecule has 1 N–H and O–H groups in total. The van der Waals surface area contributed by atoms with Gasteiger partial charge in [0, 0.05) is 19.0 Å². The Morgan fingerprint density at radius 1 is 1.33 bits per heavy atom. The van der Waals surface area contributed by atoms with Gasteiger partial charge in [0.05, 0.1) is 11.7 Å². The van der Waals surface area contributed by atoms with Gasteiger partial charge in [0.15, 0.2) is 0 Å². The molecule has 1 heterocycles. The van der Waals surface area contributed by atoms with Crippen molar-refractivity contribution in [1.82, 2.24) is 4.90 Å². The number of hydrogen-bond acceptors (Lipinski definition) is 3. The fourth-order valence-electron chi connectivity index (χ4n) is 2.32. The zero-order valence-electron chi connectivity index (χ0n) is 12.2. The van der Waals surface area contributed by atoms with E-state index in [4.69, 9.17) is 5.11 Å². The monoisotopic (exact) mass is 307 g/mol. The molecule has 1 unspecified atom stereocenters. The highest BCUT2D eigenvalue weighted by Crippen LogP contribution is 2.24. The van der Waals surface area contributed by atoms with E-state index in [1.807, 2.05) is 18.2 Å². The van der Waals surface area contributed by atoms with Crippen molar-refractivity contribution < 1.29 is 14.7 Å². The van der Waals surface area contributed by atoms with Crippen LogP contribution in [0.2, 0.25) is 0 Å². The number of benzene rings is 1. The minimum Gasteiger partial charge on any atom is -0.481 e. The molecule has 1 amide bonds. The molecule has 0 radical (unpaired) electrons. The molecule has 1 fully saturated rings. The predicted octanol–water partition coefficient (Wildman–Crippen LogP) is 2.14. The molecule has 2 rings (SSSR count). The first-order valence-electron chi connectivity index (χ1n) is 7.20. The molecule has 1 aromatic rings. The van der Waals surface area contributed by atoms with Crippen molar-refractivity contribution in [2.24, 2.45) is 11.8 Å². The lowest BCUT2D eigenvalue weighted by Gasteiger charge is -2.41. The Kier molecular flexibility index (Phi) is 5.67. The number of carbonyl (C=O) groups is 2. The fourth-order valence-corrected chi connectivity index (χ4v) is 3.20. The summed E-state index contributed by atoms with van der Waals surface area (Å²) in [6, 6.07) is 10.2. The number of likely N-dealkylation sites (tertiary alicyclic amines) is 1. The molecular weight excluding hydrogens is 286 g/mol. The Labute approximate surface area is 129 Å². The van der Waals surface area contributed by atoms with Gasteiger partial charge in [-0.2, -0.15) is 11.8 Å². The SMILES string of the molecule is CC(C(=O)O)C1CN(C(=O)CSCCc2ccccc2)C1. The molecule has 1 aliphatic rings. The number of rotatable bonds is 7. The van der Waals surface area contributed by atoms with Gasteiger partial charge >= 0.3 is 5.97 Å². The zero-order valence-corrected chi connectivity index (χ0v) is 13.0. The summed E-state index contributed by atoms with van der Waals surface area (Å²) in [6.45, 7) is 2.89. The number of carbonyl (C=O) groups excluding carboxylic acids is 1. The molecule has 0 saturated carbocycles. The molecule has 21 heavy (non-hydrogen) atoms. The van der Waals surface area contributed by atoms with Gasteiger partial charge in [0.25, 0.3) is 0 Å². The van der Waals surface area contributed by atoms with E-state index >= 15 is 0 Å². The van der Waals surface area contributed by atoms with E-state index in [0.717, 1.165) is 12.2 Å². The normalized spacial score (nSPS) is 16.3. The van der Waals surface area contributed by atoms with Crippen LogP contribution < -0.4 is 0 Å². The van der Waals surface area contributed by atoms with Crippen molar-refractivity contribution in [3.63, 3.8) is 0 Å². The minimum atomic E-state index is -0.774. The standard InChI is InChI=1S/C16H21NO3S/c1-12(16(19)20)14-9-17(10-14)15(18)11-21-8-7-13-5-3-2-4-6-13/h2-6,12,14H,7-11H2,1H3,(H,19,20). The molecule has 0 aliphatic carbocycles.